The largest absolute Gasteiger partial charge is 0.353 e. The van der Waals surface area contributed by atoms with Crippen LogP contribution in [0.25, 0.3) is 16.7 Å². The first-order valence-electron chi connectivity index (χ1n) is 7.76. The van der Waals surface area contributed by atoms with Gasteiger partial charge in [0, 0.05) is 6.04 Å². The van der Waals surface area contributed by atoms with Gasteiger partial charge < -0.3 is 5.32 Å². The van der Waals surface area contributed by atoms with Crippen molar-refractivity contribution in [3.63, 3.8) is 0 Å². The van der Waals surface area contributed by atoms with E-state index in [9.17, 15) is 4.79 Å². The fraction of sp³-hybridized carbons (Fsp3) is 0.235. The van der Waals surface area contributed by atoms with Gasteiger partial charge in [-0.05, 0) is 31.4 Å². The van der Waals surface area contributed by atoms with Gasteiger partial charge in [0.15, 0.2) is 5.65 Å². The summed E-state index contributed by atoms with van der Waals surface area (Å²) in [6, 6.07) is 9.99. The van der Waals surface area contributed by atoms with E-state index in [-0.39, 0.29) is 5.56 Å². The lowest BCUT2D eigenvalue weighted by atomic mass is 10.0. The zero-order valence-electron chi connectivity index (χ0n) is 12.6. The molecule has 3 aromatic rings. The molecule has 2 aromatic heterocycles. The molecule has 2 heterocycles. The Labute approximate surface area is 132 Å². The van der Waals surface area contributed by atoms with Crippen LogP contribution in [0.5, 0.6) is 0 Å². The van der Waals surface area contributed by atoms with Gasteiger partial charge in [-0.2, -0.15) is 10.1 Å². The van der Waals surface area contributed by atoms with Gasteiger partial charge >= 0.3 is 0 Å². The van der Waals surface area contributed by atoms with E-state index in [2.05, 4.69) is 32.5 Å². The first-order valence-corrected chi connectivity index (χ1v) is 7.76. The Morgan fingerprint density at radius 2 is 2.09 bits per heavy atom. The minimum absolute atomic E-state index is 0.175. The van der Waals surface area contributed by atoms with Gasteiger partial charge in [-0.1, -0.05) is 30.4 Å². The van der Waals surface area contributed by atoms with Crippen LogP contribution in [-0.4, -0.2) is 25.8 Å². The highest BCUT2D eigenvalue weighted by atomic mass is 16.1. The number of nitrogens with one attached hydrogen (secondary N) is 2. The molecule has 0 spiro atoms. The Morgan fingerprint density at radius 1 is 1.22 bits per heavy atom. The highest BCUT2D eigenvalue weighted by molar-refractivity contribution is 5.76. The van der Waals surface area contributed by atoms with Crippen LogP contribution in [-0.2, 0) is 0 Å². The number of fused-ring (bicyclic) bond motifs is 1. The lowest BCUT2D eigenvalue weighted by Crippen LogP contribution is -2.24. The fourth-order valence-corrected chi connectivity index (χ4v) is 2.86. The van der Waals surface area contributed by atoms with E-state index >= 15 is 0 Å². The molecule has 6 heteroatoms. The van der Waals surface area contributed by atoms with E-state index in [0.29, 0.717) is 23.0 Å². The van der Waals surface area contributed by atoms with E-state index in [1.165, 1.54) is 0 Å². The second-order valence-electron chi connectivity index (χ2n) is 5.67. The summed E-state index contributed by atoms with van der Waals surface area (Å²) < 4.78 is 1.69. The number of aromatic amines is 1. The van der Waals surface area contributed by atoms with Crippen molar-refractivity contribution < 1.29 is 0 Å². The van der Waals surface area contributed by atoms with Crippen molar-refractivity contribution in [1.82, 2.24) is 19.7 Å². The van der Waals surface area contributed by atoms with Crippen molar-refractivity contribution in [3.05, 3.63) is 59.0 Å². The molecule has 0 bridgehead atoms. The predicted octanol–water partition coefficient (Wildman–Crippen LogP) is 2.63. The van der Waals surface area contributed by atoms with E-state index in [1.807, 2.05) is 30.3 Å². The average Bonchev–Trinajstić information content (AvgIpc) is 3.01. The van der Waals surface area contributed by atoms with Crippen molar-refractivity contribution in [2.45, 2.75) is 25.3 Å². The molecule has 0 fully saturated rings. The summed E-state index contributed by atoms with van der Waals surface area (Å²) in [7, 11) is 0. The molecule has 0 radical (unpaired) electrons. The molecule has 0 saturated carbocycles. The van der Waals surface area contributed by atoms with Crippen LogP contribution >= 0.6 is 0 Å². The van der Waals surface area contributed by atoms with Crippen LogP contribution in [0.15, 0.2) is 53.5 Å². The maximum absolute atomic E-state index is 12.3. The van der Waals surface area contributed by atoms with Crippen molar-refractivity contribution in [2.24, 2.45) is 0 Å². The summed E-state index contributed by atoms with van der Waals surface area (Å²) in [5, 5.41) is 8.12. The highest BCUT2D eigenvalue weighted by Crippen LogP contribution is 2.17. The van der Waals surface area contributed by atoms with E-state index in [1.54, 1.807) is 10.9 Å². The number of para-hydroxylation sites is 1. The molecule has 6 nitrogen and oxygen atoms in total. The molecule has 0 saturated heterocycles. The summed E-state index contributed by atoms with van der Waals surface area (Å²) in [5.74, 6) is 0.500. The summed E-state index contributed by atoms with van der Waals surface area (Å²) in [6.07, 6.45) is 8.93. The van der Waals surface area contributed by atoms with Crippen molar-refractivity contribution >= 4 is 17.0 Å². The zero-order chi connectivity index (χ0) is 15.6. The minimum Gasteiger partial charge on any atom is -0.353 e. The molecule has 0 amide bonds. The SMILES string of the molecule is O=c1[nH]c(N[C@H]2CC=CCC2)nc2c1cnn2-c1ccccc1. The van der Waals surface area contributed by atoms with Gasteiger partial charge in [0.2, 0.25) is 5.95 Å². The Balaban J connectivity index is 1.76. The molecule has 2 N–H and O–H groups in total. The second kappa shape index (κ2) is 5.72. The van der Waals surface area contributed by atoms with Gasteiger partial charge in [-0.25, -0.2) is 4.68 Å². The molecule has 1 atom stereocenters. The number of hydrogen-bond donors (Lipinski definition) is 2. The number of H-pyrrole nitrogens is 1. The van der Waals surface area contributed by atoms with Crippen LogP contribution in [0.3, 0.4) is 0 Å². The Bertz CT molecular complexity index is 910. The maximum Gasteiger partial charge on any atom is 0.263 e. The van der Waals surface area contributed by atoms with Crippen LogP contribution in [0.4, 0.5) is 5.95 Å². The number of rotatable bonds is 3. The first kappa shape index (κ1) is 13.8. The van der Waals surface area contributed by atoms with E-state index in [0.717, 1.165) is 24.9 Å². The van der Waals surface area contributed by atoms with Crippen molar-refractivity contribution in [3.8, 4) is 5.69 Å². The molecule has 1 aromatic carbocycles. The number of benzene rings is 1. The van der Waals surface area contributed by atoms with Gasteiger partial charge in [0.1, 0.15) is 5.39 Å². The number of hydrogen-bond acceptors (Lipinski definition) is 4. The lowest BCUT2D eigenvalue weighted by molar-refractivity contribution is 0.639. The third-order valence-electron chi connectivity index (χ3n) is 4.05. The van der Waals surface area contributed by atoms with E-state index < -0.39 is 0 Å². The molecular weight excluding hydrogens is 290 g/mol. The number of anilines is 1. The number of aromatic nitrogens is 4. The highest BCUT2D eigenvalue weighted by Gasteiger charge is 2.14. The molecule has 0 aliphatic heterocycles. The minimum atomic E-state index is -0.175. The molecular formula is C17H17N5O. The smallest absolute Gasteiger partial charge is 0.263 e. The van der Waals surface area contributed by atoms with Crippen molar-refractivity contribution in [1.29, 1.82) is 0 Å². The Morgan fingerprint density at radius 3 is 2.87 bits per heavy atom. The topological polar surface area (TPSA) is 75.6 Å². The van der Waals surface area contributed by atoms with Gasteiger partial charge in [-0.3, -0.25) is 9.78 Å². The third kappa shape index (κ3) is 2.63. The van der Waals surface area contributed by atoms with E-state index in [4.69, 9.17) is 0 Å². The molecule has 0 unspecified atom stereocenters. The maximum atomic E-state index is 12.3. The molecule has 116 valence electrons. The fourth-order valence-electron chi connectivity index (χ4n) is 2.86. The molecule has 23 heavy (non-hydrogen) atoms. The standard InChI is InChI=1S/C17H17N5O/c23-16-14-11-18-22(13-9-5-2-6-10-13)15(14)20-17(21-16)19-12-7-3-1-4-8-12/h1-3,5-6,9-12H,4,7-8H2,(H2,19,20,21,23)/t12-/m0/s1. The summed E-state index contributed by atoms with van der Waals surface area (Å²) >= 11 is 0. The Hall–Kier alpha value is -2.89. The molecule has 1 aliphatic carbocycles. The quantitative estimate of drug-likeness (QED) is 0.729. The average molecular weight is 307 g/mol. The predicted molar refractivity (Wildman–Crippen MR) is 89.9 cm³/mol. The second-order valence-corrected chi connectivity index (χ2v) is 5.67. The first-order chi connectivity index (χ1) is 11.3. The van der Waals surface area contributed by atoms with Gasteiger partial charge in [-0.15, -0.1) is 0 Å². The zero-order valence-corrected chi connectivity index (χ0v) is 12.6. The molecule has 1 aliphatic rings. The normalized spacial score (nSPS) is 17.5. The number of allylic oxidation sites excluding steroid dienone is 1. The van der Waals surface area contributed by atoms with Crippen molar-refractivity contribution in [2.75, 3.05) is 5.32 Å². The summed E-state index contributed by atoms with van der Waals surface area (Å²) in [4.78, 5) is 19.7. The van der Waals surface area contributed by atoms with Crippen LogP contribution in [0, 0.1) is 0 Å². The number of nitrogens with zero attached hydrogens (tertiary/aromatic N) is 3. The monoisotopic (exact) mass is 307 g/mol. The van der Waals surface area contributed by atoms with Crippen LogP contribution in [0.1, 0.15) is 19.3 Å². The van der Waals surface area contributed by atoms with Gasteiger partial charge in [0.05, 0.1) is 11.9 Å². The Kier molecular flexibility index (Phi) is 3.42. The van der Waals surface area contributed by atoms with Crippen LogP contribution < -0.4 is 10.9 Å². The third-order valence-corrected chi connectivity index (χ3v) is 4.05. The summed E-state index contributed by atoms with van der Waals surface area (Å²) in [5.41, 5.74) is 1.27. The lowest BCUT2D eigenvalue weighted by Gasteiger charge is -2.19. The van der Waals surface area contributed by atoms with Crippen LogP contribution in [0.2, 0.25) is 0 Å². The molecule has 4 rings (SSSR count). The van der Waals surface area contributed by atoms with Gasteiger partial charge in [0.25, 0.3) is 5.56 Å². The summed E-state index contributed by atoms with van der Waals surface area (Å²) in [6.45, 7) is 0.